The molecule has 208 valence electrons. The van der Waals surface area contributed by atoms with Crippen molar-refractivity contribution >= 4 is 15.9 Å². The summed E-state index contributed by atoms with van der Waals surface area (Å²) in [6.45, 7) is 0.387. The fourth-order valence-electron chi connectivity index (χ4n) is 4.29. The van der Waals surface area contributed by atoms with Crippen LogP contribution in [0.1, 0.15) is 16.7 Å². The Morgan fingerprint density at radius 3 is 2.27 bits per heavy atom. The average Bonchev–Trinajstić information content (AvgIpc) is 2.98. The second-order valence-electron chi connectivity index (χ2n) is 9.23. The molecule has 0 atom stereocenters. The predicted molar refractivity (Wildman–Crippen MR) is 153 cm³/mol. The summed E-state index contributed by atoms with van der Waals surface area (Å²) in [5.41, 5.74) is 9.64. The van der Waals surface area contributed by atoms with Crippen molar-refractivity contribution in [3.63, 3.8) is 0 Å². The van der Waals surface area contributed by atoms with Gasteiger partial charge in [0.15, 0.2) is 0 Å². The standard InChI is InChI=1S/C31H32FN3O4S/c1-39-30-8-3-2-5-26(30)17-18-35(22-31(36)34-21-24-11-9-23(20-33)10-12-24)40(37,38)29-15-13-25(14-16-29)27-6-4-7-28(32)19-27/h2-16,19H,17-18,20-22,33H2,1H3,(H,34,36). The van der Waals surface area contributed by atoms with E-state index in [4.69, 9.17) is 10.5 Å². The largest absolute Gasteiger partial charge is 0.496 e. The van der Waals surface area contributed by atoms with Crippen LogP contribution in [0.2, 0.25) is 0 Å². The van der Waals surface area contributed by atoms with Gasteiger partial charge in [0, 0.05) is 19.6 Å². The zero-order valence-corrected chi connectivity index (χ0v) is 23.0. The molecule has 4 rings (SSSR count). The molecule has 0 saturated carbocycles. The summed E-state index contributed by atoms with van der Waals surface area (Å²) in [6.07, 6.45) is 0.346. The zero-order chi connectivity index (χ0) is 28.5. The second-order valence-corrected chi connectivity index (χ2v) is 11.2. The van der Waals surface area contributed by atoms with Crippen LogP contribution in [0.3, 0.4) is 0 Å². The van der Waals surface area contributed by atoms with Gasteiger partial charge >= 0.3 is 0 Å². The van der Waals surface area contributed by atoms with E-state index in [0.717, 1.165) is 16.7 Å². The maximum atomic E-state index is 13.7. The monoisotopic (exact) mass is 561 g/mol. The SMILES string of the molecule is COc1ccccc1CCN(CC(=O)NCc1ccc(CN)cc1)S(=O)(=O)c1ccc(-c2cccc(F)c2)cc1. The number of carbonyl (C=O) groups is 1. The van der Waals surface area contributed by atoms with Gasteiger partial charge in [-0.25, -0.2) is 12.8 Å². The molecule has 4 aromatic rings. The fourth-order valence-corrected chi connectivity index (χ4v) is 5.68. The Labute approximate surface area is 234 Å². The Morgan fingerprint density at radius 2 is 1.60 bits per heavy atom. The minimum atomic E-state index is -4.04. The molecular weight excluding hydrogens is 529 g/mol. The minimum absolute atomic E-state index is 0.0397. The quantitative estimate of drug-likeness (QED) is 0.265. The summed E-state index contributed by atoms with van der Waals surface area (Å²) in [5, 5.41) is 2.81. The summed E-state index contributed by atoms with van der Waals surface area (Å²) in [5.74, 6) is -0.161. The summed E-state index contributed by atoms with van der Waals surface area (Å²) in [4.78, 5) is 13.0. The molecule has 0 heterocycles. The normalized spacial score (nSPS) is 11.4. The van der Waals surface area contributed by atoms with Crippen LogP contribution in [0, 0.1) is 5.82 Å². The molecule has 9 heteroatoms. The van der Waals surface area contributed by atoms with E-state index in [1.807, 2.05) is 48.5 Å². The third kappa shape index (κ3) is 7.32. The van der Waals surface area contributed by atoms with Gasteiger partial charge in [0.1, 0.15) is 11.6 Å². The molecule has 0 spiro atoms. The van der Waals surface area contributed by atoms with Crippen molar-refractivity contribution in [1.82, 2.24) is 9.62 Å². The Bertz CT molecular complexity index is 1540. The van der Waals surface area contributed by atoms with E-state index in [9.17, 15) is 17.6 Å². The van der Waals surface area contributed by atoms with Gasteiger partial charge in [0.05, 0.1) is 18.6 Å². The van der Waals surface area contributed by atoms with Crippen LogP contribution < -0.4 is 15.8 Å². The van der Waals surface area contributed by atoms with Gasteiger partial charge in [-0.15, -0.1) is 0 Å². The summed E-state index contributed by atoms with van der Waals surface area (Å²) < 4.78 is 47.7. The Balaban J connectivity index is 1.54. The zero-order valence-electron chi connectivity index (χ0n) is 22.2. The lowest BCUT2D eigenvalue weighted by molar-refractivity contribution is -0.121. The number of halogens is 1. The van der Waals surface area contributed by atoms with Crippen molar-refractivity contribution in [1.29, 1.82) is 0 Å². The molecule has 3 N–H and O–H groups in total. The smallest absolute Gasteiger partial charge is 0.243 e. The topological polar surface area (TPSA) is 102 Å². The number of ether oxygens (including phenoxy) is 1. The van der Waals surface area contributed by atoms with Crippen LogP contribution in [0.15, 0.2) is 102 Å². The molecule has 0 aliphatic rings. The van der Waals surface area contributed by atoms with E-state index >= 15 is 0 Å². The van der Waals surface area contributed by atoms with Gasteiger partial charge in [-0.1, -0.05) is 66.7 Å². The highest BCUT2D eigenvalue weighted by Crippen LogP contribution is 2.25. The first-order chi connectivity index (χ1) is 19.3. The molecule has 0 radical (unpaired) electrons. The number of hydrogen-bond donors (Lipinski definition) is 2. The second kappa shape index (κ2) is 13.3. The number of para-hydroxylation sites is 1. The number of nitrogens with one attached hydrogen (secondary N) is 1. The molecule has 0 aliphatic carbocycles. The highest BCUT2D eigenvalue weighted by molar-refractivity contribution is 7.89. The minimum Gasteiger partial charge on any atom is -0.496 e. The number of carbonyl (C=O) groups excluding carboxylic acids is 1. The van der Waals surface area contributed by atoms with Gasteiger partial charge in [0.25, 0.3) is 0 Å². The number of nitrogens with zero attached hydrogens (tertiary/aromatic N) is 1. The number of nitrogens with two attached hydrogens (primary N) is 1. The Hall–Kier alpha value is -4.05. The molecule has 0 aliphatic heterocycles. The third-order valence-electron chi connectivity index (χ3n) is 6.54. The first kappa shape index (κ1) is 28.9. The summed E-state index contributed by atoms with van der Waals surface area (Å²) in [6, 6.07) is 27.2. The van der Waals surface area contributed by atoms with Crippen molar-refractivity contribution < 1.29 is 22.3 Å². The van der Waals surface area contributed by atoms with Gasteiger partial charge in [-0.05, 0) is 64.6 Å². The lowest BCUT2D eigenvalue weighted by atomic mass is 10.1. The maximum Gasteiger partial charge on any atom is 0.243 e. The molecule has 0 unspecified atom stereocenters. The highest BCUT2D eigenvalue weighted by Gasteiger charge is 2.27. The lowest BCUT2D eigenvalue weighted by Crippen LogP contribution is -2.41. The van der Waals surface area contributed by atoms with Crippen molar-refractivity contribution in [2.45, 2.75) is 24.4 Å². The first-order valence-electron chi connectivity index (χ1n) is 12.8. The average molecular weight is 562 g/mol. The molecule has 0 saturated heterocycles. The van der Waals surface area contributed by atoms with Crippen LogP contribution in [0.4, 0.5) is 4.39 Å². The Morgan fingerprint density at radius 1 is 0.900 bits per heavy atom. The molecule has 0 aromatic heterocycles. The highest BCUT2D eigenvalue weighted by atomic mass is 32.2. The summed E-state index contributed by atoms with van der Waals surface area (Å²) in [7, 11) is -2.48. The van der Waals surface area contributed by atoms with Crippen molar-refractivity contribution in [3.05, 3.63) is 120 Å². The van der Waals surface area contributed by atoms with Crippen molar-refractivity contribution in [3.8, 4) is 16.9 Å². The molecule has 0 bridgehead atoms. The third-order valence-corrected chi connectivity index (χ3v) is 8.40. The molecule has 1 amide bonds. The summed E-state index contributed by atoms with van der Waals surface area (Å²) >= 11 is 0. The van der Waals surface area contributed by atoms with Gasteiger partial charge in [-0.3, -0.25) is 4.79 Å². The number of methoxy groups -OCH3 is 1. The van der Waals surface area contributed by atoms with Crippen LogP contribution in [-0.4, -0.2) is 38.8 Å². The number of amides is 1. The Kier molecular flexibility index (Phi) is 9.65. The maximum absolute atomic E-state index is 13.7. The fraction of sp³-hybridized carbons (Fsp3) is 0.194. The van der Waals surface area contributed by atoms with Gasteiger partial charge < -0.3 is 15.8 Å². The van der Waals surface area contributed by atoms with Crippen molar-refractivity contribution in [2.24, 2.45) is 5.73 Å². The van der Waals surface area contributed by atoms with E-state index in [2.05, 4.69) is 5.32 Å². The molecular formula is C31H32FN3O4S. The van der Waals surface area contributed by atoms with Crippen LogP contribution in [-0.2, 0) is 34.3 Å². The first-order valence-corrected chi connectivity index (χ1v) is 14.3. The molecule has 7 nitrogen and oxygen atoms in total. The van der Waals surface area contributed by atoms with Gasteiger partial charge in [-0.2, -0.15) is 4.31 Å². The van der Waals surface area contributed by atoms with Crippen LogP contribution in [0.5, 0.6) is 5.75 Å². The lowest BCUT2D eigenvalue weighted by Gasteiger charge is -2.22. The van der Waals surface area contributed by atoms with Crippen molar-refractivity contribution in [2.75, 3.05) is 20.2 Å². The van der Waals surface area contributed by atoms with Crippen LogP contribution in [0.25, 0.3) is 11.1 Å². The van der Waals surface area contributed by atoms with E-state index in [-0.39, 0.29) is 30.3 Å². The number of rotatable bonds is 12. The van der Waals surface area contributed by atoms with E-state index < -0.39 is 15.9 Å². The molecule has 0 fully saturated rings. The predicted octanol–water partition coefficient (Wildman–Crippen LogP) is 4.51. The number of sulfonamides is 1. The van der Waals surface area contributed by atoms with E-state index in [1.54, 1.807) is 31.4 Å². The van der Waals surface area contributed by atoms with E-state index in [0.29, 0.717) is 29.8 Å². The van der Waals surface area contributed by atoms with Gasteiger partial charge in [0.2, 0.25) is 15.9 Å². The molecule has 40 heavy (non-hydrogen) atoms. The molecule has 4 aromatic carbocycles. The van der Waals surface area contributed by atoms with E-state index in [1.165, 1.54) is 28.6 Å². The number of hydrogen-bond acceptors (Lipinski definition) is 5. The van der Waals surface area contributed by atoms with Crippen LogP contribution >= 0.6 is 0 Å². The number of benzene rings is 4.